The summed E-state index contributed by atoms with van der Waals surface area (Å²) in [5.74, 6) is 0.843. The number of ether oxygens (including phenoxy) is 1. The van der Waals surface area contributed by atoms with Crippen molar-refractivity contribution in [3.8, 4) is 5.75 Å². The Labute approximate surface area is 153 Å². The highest BCUT2D eigenvalue weighted by Crippen LogP contribution is 2.31. The first-order valence-corrected chi connectivity index (χ1v) is 9.84. The number of aliphatic imine (C=N–C) groups is 1. The van der Waals surface area contributed by atoms with Crippen LogP contribution in [0.2, 0.25) is 0 Å². The van der Waals surface area contributed by atoms with Crippen LogP contribution in [0.25, 0.3) is 0 Å². The highest BCUT2D eigenvalue weighted by Gasteiger charge is 2.27. The average molecular weight is 359 g/mol. The molecule has 0 aromatic heterocycles. The number of carbonyl (C=O) groups is 1. The van der Waals surface area contributed by atoms with Crippen molar-refractivity contribution in [3.63, 3.8) is 0 Å². The second-order valence-corrected chi connectivity index (χ2v) is 7.04. The first-order valence-electron chi connectivity index (χ1n) is 8.96. The van der Waals surface area contributed by atoms with Crippen molar-refractivity contribution >= 4 is 28.5 Å². The Morgan fingerprint density at radius 2 is 2.12 bits per heavy atom. The lowest BCUT2D eigenvalue weighted by atomic mass is 10.2. The van der Waals surface area contributed by atoms with Gasteiger partial charge in [0.25, 0.3) is 0 Å². The summed E-state index contributed by atoms with van der Waals surface area (Å²) in [6.45, 7) is 4.65. The second kappa shape index (κ2) is 8.94. The van der Waals surface area contributed by atoms with Gasteiger partial charge in [0.1, 0.15) is 5.75 Å². The highest BCUT2D eigenvalue weighted by atomic mass is 32.2. The molecule has 0 bridgehead atoms. The van der Waals surface area contributed by atoms with Crippen molar-refractivity contribution < 1.29 is 9.53 Å². The lowest BCUT2D eigenvalue weighted by Crippen LogP contribution is -2.24. The number of thioether (sulfide) groups is 1. The largest absolute Gasteiger partial charge is 0.494 e. The fourth-order valence-electron chi connectivity index (χ4n) is 2.84. The number of amidine groups is 1. The van der Waals surface area contributed by atoms with Crippen LogP contribution in [0.15, 0.2) is 40.4 Å². The van der Waals surface area contributed by atoms with Crippen LogP contribution < -0.4 is 10.1 Å². The first kappa shape index (κ1) is 17.9. The average Bonchev–Trinajstić information content (AvgIpc) is 3.21. The molecule has 2 heterocycles. The Morgan fingerprint density at radius 1 is 1.28 bits per heavy atom. The molecule has 0 radical (unpaired) electrons. The molecule has 1 aromatic rings. The molecule has 0 unspecified atom stereocenters. The van der Waals surface area contributed by atoms with Gasteiger partial charge < -0.3 is 15.0 Å². The van der Waals surface area contributed by atoms with Crippen LogP contribution in [0.5, 0.6) is 5.75 Å². The van der Waals surface area contributed by atoms with E-state index in [4.69, 9.17) is 4.74 Å². The van der Waals surface area contributed by atoms with Gasteiger partial charge in [0.2, 0.25) is 5.91 Å². The molecule has 6 heteroatoms. The summed E-state index contributed by atoms with van der Waals surface area (Å²) in [4.78, 5) is 18.8. The summed E-state index contributed by atoms with van der Waals surface area (Å²) in [5.41, 5.74) is 1.83. The fourth-order valence-corrected chi connectivity index (χ4v) is 3.79. The smallest absolute Gasteiger partial charge is 0.230 e. The molecule has 25 heavy (non-hydrogen) atoms. The first-order chi connectivity index (χ1) is 12.3. The molecule has 134 valence electrons. The van der Waals surface area contributed by atoms with Gasteiger partial charge in [-0.25, -0.2) is 0 Å². The number of anilines is 1. The number of unbranched alkanes of at least 4 members (excludes halogenated alkanes) is 3. The van der Waals surface area contributed by atoms with Crippen molar-refractivity contribution in [2.45, 2.75) is 39.0 Å². The third-order valence-corrected chi connectivity index (χ3v) is 5.15. The summed E-state index contributed by atoms with van der Waals surface area (Å²) in [7, 11) is 0. The number of benzene rings is 1. The van der Waals surface area contributed by atoms with E-state index in [1.165, 1.54) is 19.3 Å². The Balaban J connectivity index is 1.42. The predicted molar refractivity (Wildman–Crippen MR) is 104 cm³/mol. The normalized spacial score (nSPS) is 15.6. The number of nitrogens with zero attached hydrogens (tertiary/aromatic N) is 2. The maximum atomic E-state index is 12.3. The topological polar surface area (TPSA) is 53.9 Å². The molecule has 2 aliphatic rings. The number of hydrogen-bond donors (Lipinski definition) is 1. The quantitative estimate of drug-likeness (QED) is 0.670. The van der Waals surface area contributed by atoms with Gasteiger partial charge in [0, 0.05) is 17.9 Å². The maximum Gasteiger partial charge on any atom is 0.230 e. The Bertz CT molecular complexity index is 655. The van der Waals surface area contributed by atoms with E-state index >= 15 is 0 Å². The van der Waals surface area contributed by atoms with E-state index in [0.29, 0.717) is 6.42 Å². The molecule has 0 aliphatic carbocycles. The maximum absolute atomic E-state index is 12.3. The van der Waals surface area contributed by atoms with E-state index in [1.54, 1.807) is 11.8 Å². The second-order valence-electron chi connectivity index (χ2n) is 6.20. The van der Waals surface area contributed by atoms with Crippen LogP contribution in [-0.2, 0) is 4.79 Å². The van der Waals surface area contributed by atoms with E-state index in [2.05, 4.69) is 22.1 Å². The lowest BCUT2D eigenvalue weighted by molar-refractivity contribution is -0.115. The predicted octanol–water partition coefficient (Wildman–Crippen LogP) is 4.23. The third-order valence-electron chi connectivity index (χ3n) is 4.20. The zero-order chi connectivity index (χ0) is 17.5. The molecule has 1 aromatic carbocycles. The van der Waals surface area contributed by atoms with Crippen LogP contribution >= 0.6 is 11.8 Å². The Hall–Kier alpha value is -1.95. The van der Waals surface area contributed by atoms with Crippen molar-refractivity contribution in [1.82, 2.24) is 4.90 Å². The van der Waals surface area contributed by atoms with Gasteiger partial charge in [0.05, 0.1) is 19.6 Å². The van der Waals surface area contributed by atoms with Crippen molar-refractivity contribution in [3.05, 3.63) is 35.4 Å². The minimum absolute atomic E-state index is 0.00626. The number of amides is 1. The molecule has 5 nitrogen and oxygen atoms in total. The molecule has 2 aliphatic heterocycles. The molecular weight excluding hydrogens is 334 g/mol. The van der Waals surface area contributed by atoms with E-state index in [0.717, 1.165) is 48.4 Å². The SMILES string of the molecule is CCCCCCOc1ccc(NC(=O)CC2=CSC3=NCCN23)cc1. The summed E-state index contributed by atoms with van der Waals surface area (Å²) >= 11 is 1.60. The monoisotopic (exact) mass is 359 g/mol. The van der Waals surface area contributed by atoms with Crippen LogP contribution in [0, 0.1) is 0 Å². The van der Waals surface area contributed by atoms with E-state index < -0.39 is 0 Å². The number of fused-ring (bicyclic) bond motifs is 1. The van der Waals surface area contributed by atoms with Crippen molar-refractivity contribution in [2.75, 3.05) is 25.0 Å². The van der Waals surface area contributed by atoms with Crippen LogP contribution in [0.3, 0.4) is 0 Å². The zero-order valence-electron chi connectivity index (χ0n) is 14.7. The van der Waals surface area contributed by atoms with Gasteiger partial charge in [-0.15, -0.1) is 0 Å². The minimum atomic E-state index is -0.00626. The lowest BCUT2D eigenvalue weighted by Gasteiger charge is -2.16. The summed E-state index contributed by atoms with van der Waals surface area (Å²) in [6.07, 6.45) is 5.16. The van der Waals surface area contributed by atoms with Gasteiger partial charge in [-0.1, -0.05) is 37.9 Å². The Morgan fingerprint density at radius 3 is 2.92 bits per heavy atom. The third kappa shape index (κ3) is 5.01. The summed E-state index contributed by atoms with van der Waals surface area (Å²) < 4.78 is 5.72. The van der Waals surface area contributed by atoms with Gasteiger partial charge in [0.15, 0.2) is 5.17 Å². The highest BCUT2D eigenvalue weighted by molar-refractivity contribution is 8.16. The summed E-state index contributed by atoms with van der Waals surface area (Å²) in [6, 6.07) is 7.59. The molecule has 0 atom stereocenters. The van der Waals surface area contributed by atoms with Crippen LogP contribution in [-0.4, -0.2) is 35.7 Å². The molecule has 0 spiro atoms. The standard InChI is InChI=1S/C19H25N3O2S/c1-2-3-4-5-12-24-17-8-6-15(7-9-17)21-18(23)13-16-14-25-19-20-10-11-22(16)19/h6-9,14H,2-5,10-13H2,1H3,(H,21,23). The van der Waals surface area contributed by atoms with Crippen molar-refractivity contribution in [2.24, 2.45) is 4.99 Å². The molecule has 1 N–H and O–H groups in total. The number of carbonyl (C=O) groups excluding carboxylic acids is 1. The van der Waals surface area contributed by atoms with Gasteiger partial charge >= 0.3 is 0 Å². The molecule has 0 saturated heterocycles. The minimum Gasteiger partial charge on any atom is -0.494 e. The van der Waals surface area contributed by atoms with Gasteiger partial charge in [-0.3, -0.25) is 9.79 Å². The fraction of sp³-hybridized carbons (Fsp3) is 0.474. The van der Waals surface area contributed by atoms with Crippen molar-refractivity contribution in [1.29, 1.82) is 0 Å². The number of nitrogens with one attached hydrogen (secondary N) is 1. The number of hydrogen-bond acceptors (Lipinski definition) is 5. The van der Waals surface area contributed by atoms with E-state index in [1.807, 2.05) is 29.7 Å². The van der Waals surface area contributed by atoms with Crippen LogP contribution in [0.1, 0.15) is 39.0 Å². The van der Waals surface area contributed by atoms with Gasteiger partial charge in [-0.05, 0) is 36.1 Å². The molecule has 0 saturated carbocycles. The Kier molecular flexibility index (Phi) is 6.39. The van der Waals surface area contributed by atoms with E-state index in [-0.39, 0.29) is 5.91 Å². The molecule has 1 amide bonds. The van der Waals surface area contributed by atoms with Gasteiger partial charge in [-0.2, -0.15) is 0 Å². The molecule has 0 fully saturated rings. The van der Waals surface area contributed by atoms with Crippen LogP contribution in [0.4, 0.5) is 5.69 Å². The van der Waals surface area contributed by atoms with E-state index in [9.17, 15) is 4.79 Å². The zero-order valence-corrected chi connectivity index (χ0v) is 15.5. The number of rotatable bonds is 9. The summed E-state index contributed by atoms with van der Waals surface area (Å²) in [5, 5.41) is 5.99. The molecule has 3 rings (SSSR count). The molecular formula is C19H25N3O2S.